The number of aromatic nitrogens is 2. The van der Waals surface area contributed by atoms with Crippen molar-refractivity contribution in [3.05, 3.63) is 53.6 Å². The molecule has 0 radical (unpaired) electrons. The summed E-state index contributed by atoms with van der Waals surface area (Å²) < 4.78 is 2.07. The summed E-state index contributed by atoms with van der Waals surface area (Å²) in [6.45, 7) is 7.61. The van der Waals surface area contributed by atoms with Crippen molar-refractivity contribution in [3.8, 4) is 0 Å². The van der Waals surface area contributed by atoms with Crippen LogP contribution in [0.2, 0.25) is 0 Å². The number of hydrogen-bond donors (Lipinski definition) is 1. The summed E-state index contributed by atoms with van der Waals surface area (Å²) in [7, 11) is 2.04. The van der Waals surface area contributed by atoms with Crippen molar-refractivity contribution in [1.82, 2.24) is 14.9 Å². The van der Waals surface area contributed by atoms with Crippen LogP contribution < -0.4 is 5.32 Å². The Morgan fingerprint density at radius 3 is 2.30 bits per heavy atom. The maximum absolute atomic E-state index is 4.34. The minimum atomic E-state index is 0.372. The Balaban J connectivity index is 1.85. The van der Waals surface area contributed by atoms with Crippen molar-refractivity contribution in [2.24, 2.45) is 7.05 Å². The van der Waals surface area contributed by atoms with Crippen molar-refractivity contribution in [2.45, 2.75) is 39.2 Å². The second-order valence-electron chi connectivity index (χ2n) is 5.70. The summed E-state index contributed by atoms with van der Waals surface area (Å²) in [5.74, 6) is 1.72. The van der Waals surface area contributed by atoms with E-state index in [9.17, 15) is 0 Å². The molecule has 0 aliphatic carbocycles. The molecule has 3 nitrogen and oxygen atoms in total. The smallest absolute Gasteiger partial charge is 0.109 e. The maximum Gasteiger partial charge on any atom is 0.109 e. The number of nitrogens with zero attached hydrogens (tertiary/aromatic N) is 2. The summed E-state index contributed by atoms with van der Waals surface area (Å²) in [5, 5.41) is 3.56. The van der Waals surface area contributed by atoms with Crippen molar-refractivity contribution in [1.29, 1.82) is 0 Å². The molecule has 1 heterocycles. The standard InChI is InChI=1S/C17H25N3/c1-13(2)15-5-7-16(8-6-15)14(3)18-10-9-17-19-11-12-20(17)4/h5-8,11-14,18H,9-10H2,1-4H3. The Morgan fingerprint density at radius 1 is 1.10 bits per heavy atom. The fraction of sp³-hybridized carbons (Fsp3) is 0.471. The van der Waals surface area contributed by atoms with Crippen LogP contribution in [0.5, 0.6) is 0 Å². The van der Waals surface area contributed by atoms with Crippen LogP contribution in [0.25, 0.3) is 0 Å². The van der Waals surface area contributed by atoms with Crippen molar-refractivity contribution in [2.75, 3.05) is 6.54 Å². The Kier molecular flexibility index (Phi) is 4.96. The molecule has 0 bridgehead atoms. The molecule has 3 heteroatoms. The van der Waals surface area contributed by atoms with Crippen LogP contribution >= 0.6 is 0 Å². The number of hydrogen-bond acceptors (Lipinski definition) is 2. The molecule has 2 rings (SSSR count). The zero-order valence-electron chi connectivity index (χ0n) is 12.9. The first kappa shape index (κ1) is 14.8. The summed E-state index contributed by atoms with van der Waals surface area (Å²) in [6, 6.07) is 9.30. The highest BCUT2D eigenvalue weighted by Gasteiger charge is 2.06. The van der Waals surface area contributed by atoms with E-state index in [-0.39, 0.29) is 0 Å². The number of imidazole rings is 1. The lowest BCUT2D eigenvalue weighted by molar-refractivity contribution is 0.565. The van der Waals surface area contributed by atoms with Crippen LogP contribution in [0.1, 0.15) is 49.7 Å². The highest BCUT2D eigenvalue weighted by atomic mass is 15.0. The molecular weight excluding hydrogens is 246 g/mol. The quantitative estimate of drug-likeness (QED) is 0.872. The predicted octanol–water partition coefficient (Wildman–Crippen LogP) is 3.44. The van der Waals surface area contributed by atoms with E-state index >= 15 is 0 Å². The van der Waals surface area contributed by atoms with E-state index in [4.69, 9.17) is 0 Å². The number of benzene rings is 1. The molecule has 20 heavy (non-hydrogen) atoms. The van der Waals surface area contributed by atoms with Crippen molar-refractivity contribution >= 4 is 0 Å². The topological polar surface area (TPSA) is 29.9 Å². The third-order valence-electron chi connectivity index (χ3n) is 3.82. The van der Waals surface area contributed by atoms with E-state index < -0.39 is 0 Å². The van der Waals surface area contributed by atoms with Gasteiger partial charge in [0.1, 0.15) is 5.82 Å². The van der Waals surface area contributed by atoms with E-state index in [1.807, 2.05) is 19.4 Å². The minimum absolute atomic E-state index is 0.372. The highest BCUT2D eigenvalue weighted by Crippen LogP contribution is 2.18. The molecule has 1 N–H and O–H groups in total. The molecule has 108 valence electrons. The zero-order chi connectivity index (χ0) is 14.5. The van der Waals surface area contributed by atoms with Gasteiger partial charge in [-0.2, -0.15) is 0 Å². The summed E-state index contributed by atoms with van der Waals surface area (Å²) in [6.07, 6.45) is 4.80. The molecule has 0 saturated heterocycles. The number of rotatable bonds is 6. The van der Waals surface area contributed by atoms with E-state index in [1.165, 1.54) is 11.1 Å². The van der Waals surface area contributed by atoms with Crippen LogP contribution in [0.4, 0.5) is 0 Å². The molecule has 2 aromatic rings. The number of aryl methyl sites for hydroxylation is 1. The zero-order valence-corrected chi connectivity index (χ0v) is 12.9. The largest absolute Gasteiger partial charge is 0.338 e. The number of nitrogens with one attached hydrogen (secondary N) is 1. The van der Waals surface area contributed by atoms with E-state index in [0.717, 1.165) is 18.8 Å². The third kappa shape index (κ3) is 3.70. The van der Waals surface area contributed by atoms with E-state index in [0.29, 0.717) is 12.0 Å². The van der Waals surface area contributed by atoms with Gasteiger partial charge >= 0.3 is 0 Å². The first-order valence-electron chi connectivity index (χ1n) is 7.37. The van der Waals surface area contributed by atoms with Gasteiger partial charge in [-0.25, -0.2) is 4.98 Å². The monoisotopic (exact) mass is 271 g/mol. The SMILES string of the molecule is CC(C)c1ccc(C(C)NCCc2nccn2C)cc1. The Bertz CT molecular complexity index is 525. The lowest BCUT2D eigenvalue weighted by Gasteiger charge is -2.15. The van der Waals surface area contributed by atoms with Crippen LogP contribution in [0, 0.1) is 0 Å². The fourth-order valence-electron chi connectivity index (χ4n) is 2.33. The first-order chi connectivity index (χ1) is 9.58. The Hall–Kier alpha value is -1.61. The van der Waals surface area contributed by atoms with Gasteiger partial charge in [0.25, 0.3) is 0 Å². The maximum atomic E-state index is 4.34. The van der Waals surface area contributed by atoms with E-state index in [2.05, 4.69) is 59.9 Å². The predicted molar refractivity (Wildman–Crippen MR) is 83.9 cm³/mol. The van der Waals surface area contributed by atoms with Crippen LogP contribution in [0.15, 0.2) is 36.7 Å². The van der Waals surface area contributed by atoms with Crippen molar-refractivity contribution < 1.29 is 0 Å². The van der Waals surface area contributed by atoms with Crippen LogP contribution in [-0.4, -0.2) is 16.1 Å². The highest BCUT2D eigenvalue weighted by molar-refractivity contribution is 5.26. The average molecular weight is 271 g/mol. The Labute approximate surface area is 122 Å². The van der Waals surface area contributed by atoms with Crippen molar-refractivity contribution in [3.63, 3.8) is 0 Å². The molecule has 1 aromatic heterocycles. The van der Waals surface area contributed by atoms with Gasteiger partial charge in [-0.3, -0.25) is 0 Å². The molecule has 1 aromatic carbocycles. The average Bonchev–Trinajstić information content (AvgIpc) is 2.84. The molecular formula is C17H25N3. The van der Waals surface area contributed by atoms with Gasteiger partial charge in [0.2, 0.25) is 0 Å². The van der Waals surface area contributed by atoms with Crippen LogP contribution in [0.3, 0.4) is 0 Å². The second-order valence-corrected chi connectivity index (χ2v) is 5.70. The van der Waals surface area contributed by atoms with E-state index in [1.54, 1.807) is 0 Å². The minimum Gasteiger partial charge on any atom is -0.338 e. The molecule has 0 aliphatic heterocycles. The lowest BCUT2D eigenvalue weighted by Crippen LogP contribution is -2.22. The summed E-state index contributed by atoms with van der Waals surface area (Å²) in [5.41, 5.74) is 2.74. The lowest BCUT2D eigenvalue weighted by atomic mass is 9.99. The third-order valence-corrected chi connectivity index (χ3v) is 3.82. The molecule has 0 spiro atoms. The first-order valence-corrected chi connectivity index (χ1v) is 7.37. The molecule has 0 saturated carbocycles. The summed E-state index contributed by atoms with van der Waals surface area (Å²) >= 11 is 0. The normalized spacial score (nSPS) is 12.8. The Morgan fingerprint density at radius 2 is 1.75 bits per heavy atom. The van der Waals surface area contributed by atoms with Gasteiger partial charge in [-0.05, 0) is 24.0 Å². The second kappa shape index (κ2) is 6.71. The molecule has 0 aliphatic rings. The summed E-state index contributed by atoms with van der Waals surface area (Å²) in [4.78, 5) is 4.34. The van der Waals surface area contributed by atoms with Gasteiger partial charge in [0.05, 0.1) is 0 Å². The van der Waals surface area contributed by atoms with Gasteiger partial charge in [0, 0.05) is 38.4 Å². The molecule has 1 unspecified atom stereocenters. The molecule has 1 atom stereocenters. The molecule has 0 amide bonds. The van der Waals surface area contributed by atoms with Gasteiger partial charge in [0.15, 0.2) is 0 Å². The van der Waals surface area contributed by atoms with Crippen LogP contribution in [-0.2, 0) is 13.5 Å². The van der Waals surface area contributed by atoms with Gasteiger partial charge in [-0.1, -0.05) is 38.1 Å². The van der Waals surface area contributed by atoms with Gasteiger partial charge in [-0.15, -0.1) is 0 Å². The molecule has 0 fully saturated rings. The van der Waals surface area contributed by atoms with Gasteiger partial charge < -0.3 is 9.88 Å². The fourth-order valence-corrected chi connectivity index (χ4v) is 2.33.